The van der Waals surface area contributed by atoms with Crippen LogP contribution in [-0.4, -0.2) is 62.4 Å². The fourth-order valence-electron chi connectivity index (χ4n) is 3.61. The van der Waals surface area contributed by atoms with Gasteiger partial charge < -0.3 is 0 Å². The lowest BCUT2D eigenvalue weighted by Gasteiger charge is -2.20. The van der Waals surface area contributed by atoms with Crippen LogP contribution in [0.5, 0.6) is 0 Å². The van der Waals surface area contributed by atoms with Crippen LogP contribution < -0.4 is 0 Å². The number of nitrogens with zero attached hydrogens (tertiary/aromatic N) is 2. The summed E-state index contributed by atoms with van der Waals surface area (Å²) in [6.07, 6.45) is 0.171. The van der Waals surface area contributed by atoms with Gasteiger partial charge in [-0.3, -0.25) is 14.5 Å². The molecule has 174 valence electrons. The predicted molar refractivity (Wildman–Crippen MR) is 123 cm³/mol. The van der Waals surface area contributed by atoms with Gasteiger partial charge in [-0.25, -0.2) is 12.8 Å². The molecule has 0 aliphatic rings. The first-order valence-electron chi connectivity index (χ1n) is 10.6. The van der Waals surface area contributed by atoms with Crippen molar-refractivity contribution in [3.05, 3.63) is 65.0 Å². The Labute approximate surface area is 190 Å². The molecule has 0 saturated heterocycles. The van der Waals surface area contributed by atoms with Crippen molar-refractivity contribution in [1.82, 2.24) is 9.21 Å². The van der Waals surface area contributed by atoms with Crippen molar-refractivity contribution >= 4 is 21.6 Å². The molecule has 2 aromatic rings. The van der Waals surface area contributed by atoms with E-state index in [0.717, 1.165) is 0 Å². The molecule has 2 rings (SSSR count). The first-order valence-corrected chi connectivity index (χ1v) is 12.1. The zero-order valence-electron chi connectivity index (χ0n) is 19.1. The van der Waals surface area contributed by atoms with Gasteiger partial charge in [0.1, 0.15) is 5.82 Å². The molecule has 0 fully saturated rings. The summed E-state index contributed by atoms with van der Waals surface area (Å²) in [5.41, 5.74) is 1.84. The Morgan fingerprint density at radius 1 is 0.906 bits per heavy atom. The monoisotopic (exact) mass is 462 g/mol. The van der Waals surface area contributed by atoms with Crippen molar-refractivity contribution in [3.63, 3.8) is 0 Å². The third-order valence-corrected chi connectivity index (χ3v) is 7.35. The SMILES string of the molecule is CCN(CC)S(=O)(=O)c1cc(CC(=O)CN(C)CC(=O)Cc2cccc(F)c2)ccc1C. The van der Waals surface area contributed by atoms with E-state index < -0.39 is 10.0 Å². The number of hydrogen-bond donors (Lipinski definition) is 0. The van der Waals surface area contributed by atoms with Crippen LogP contribution in [0.2, 0.25) is 0 Å². The van der Waals surface area contributed by atoms with E-state index in [2.05, 4.69) is 0 Å². The number of carbonyl (C=O) groups is 2. The Balaban J connectivity index is 1.99. The number of Topliss-reactive ketones (excluding diaryl/α,β-unsaturated/α-hetero) is 2. The zero-order chi connectivity index (χ0) is 23.9. The molecule has 0 aromatic heterocycles. The zero-order valence-corrected chi connectivity index (χ0v) is 19.9. The fourth-order valence-corrected chi connectivity index (χ4v) is 5.34. The molecule has 0 radical (unpaired) electrons. The van der Waals surface area contributed by atoms with E-state index in [9.17, 15) is 22.4 Å². The van der Waals surface area contributed by atoms with Gasteiger partial charge in [-0.2, -0.15) is 4.31 Å². The Morgan fingerprint density at radius 2 is 1.47 bits per heavy atom. The molecule has 0 unspecified atom stereocenters. The van der Waals surface area contributed by atoms with E-state index in [4.69, 9.17) is 0 Å². The van der Waals surface area contributed by atoms with Gasteiger partial charge in [-0.15, -0.1) is 0 Å². The molecule has 0 atom stereocenters. The quantitative estimate of drug-likeness (QED) is 0.485. The lowest BCUT2D eigenvalue weighted by Crippen LogP contribution is -2.32. The molecule has 0 bridgehead atoms. The number of aryl methyl sites for hydroxylation is 1. The number of carbonyl (C=O) groups excluding carboxylic acids is 2. The standard InChI is InChI=1S/C24H31FN2O4S/c1-5-27(6-2)32(30,31)24-15-20(11-10-18(24)3)14-23(29)17-26(4)16-22(28)13-19-8-7-9-21(25)12-19/h7-12,15H,5-6,13-14,16-17H2,1-4H3. The second-order valence-electron chi connectivity index (χ2n) is 7.92. The van der Waals surface area contributed by atoms with Gasteiger partial charge in [0.05, 0.1) is 18.0 Å². The van der Waals surface area contributed by atoms with E-state index in [-0.39, 0.29) is 48.2 Å². The minimum absolute atomic E-state index is 0.0564. The lowest BCUT2D eigenvalue weighted by atomic mass is 10.1. The van der Waals surface area contributed by atoms with Crippen LogP contribution >= 0.6 is 0 Å². The Bertz CT molecular complexity index is 1070. The minimum Gasteiger partial charge on any atom is -0.298 e. The summed E-state index contributed by atoms with van der Waals surface area (Å²) in [5.74, 6) is -0.630. The van der Waals surface area contributed by atoms with Gasteiger partial charge >= 0.3 is 0 Å². The average Bonchev–Trinajstić information content (AvgIpc) is 2.69. The summed E-state index contributed by atoms with van der Waals surface area (Å²) in [5, 5.41) is 0. The number of hydrogen-bond acceptors (Lipinski definition) is 5. The van der Waals surface area contributed by atoms with E-state index >= 15 is 0 Å². The van der Waals surface area contributed by atoms with Gasteiger partial charge in [0.15, 0.2) is 11.6 Å². The van der Waals surface area contributed by atoms with Gasteiger partial charge in [0.25, 0.3) is 0 Å². The highest BCUT2D eigenvalue weighted by Gasteiger charge is 2.24. The Morgan fingerprint density at radius 3 is 2.00 bits per heavy atom. The molecule has 0 N–H and O–H groups in total. The summed E-state index contributed by atoms with van der Waals surface area (Å²) in [7, 11) is -1.95. The average molecular weight is 463 g/mol. The Hall–Kier alpha value is -2.42. The second kappa shape index (κ2) is 11.4. The second-order valence-corrected chi connectivity index (χ2v) is 9.83. The van der Waals surface area contributed by atoms with Crippen LogP contribution in [0.25, 0.3) is 0 Å². The molecule has 0 aliphatic carbocycles. The molecule has 0 saturated carbocycles. The van der Waals surface area contributed by atoms with Gasteiger partial charge in [0, 0.05) is 25.9 Å². The molecule has 0 spiro atoms. The third-order valence-electron chi connectivity index (χ3n) is 5.16. The third kappa shape index (κ3) is 7.05. The molecule has 2 aromatic carbocycles. The van der Waals surface area contributed by atoms with Crippen molar-refractivity contribution in [2.45, 2.75) is 38.5 Å². The van der Waals surface area contributed by atoms with Crippen molar-refractivity contribution in [2.24, 2.45) is 0 Å². The van der Waals surface area contributed by atoms with Crippen LogP contribution in [-0.2, 0) is 32.5 Å². The minimum atomic E-state index is -3.62. The van der Waals surface area contributed by atoms with Gasteiger partial charge in [-0.05, 0) is 48.9 Å². The molecular formula is C24H31FN2O4S. The van der Waals surface area contributed by atoms with Crippen molar-refractivity contribution in [2.75, 3.05) is 33.2 Å². The number of halogens is 1. The topological polar surface area (TPSA) is 74.8 Å². The van der Waals surface area contributed by atoms with Crippen molar-refractivity contribution in [1.29, 1.82) is 0 Å². The first kappa shape index (κ1) is 25.8. The predicted octanol–water partition coefficient (Wildman–Crippen LogP) is 3.02. The maximum atomic E-state index is 13.3. The van der Waals surface area contributed by atoms with Crippen molar-refractivity contribution in [3.8, 4) is 0 Å². The molecule has 6 nitrogen and oxygen atoms in total. The van der Waals surface area contributed by atoms with E-state index in [1.54, 1.807) is 63.1 Å². The van der Waals surface area contributed by atoms with E-state index in [1.807, 2.05) is 0 Å². The van der Waals surface area contributed by atoms with E-state index in [0.29, 0.717) is 29.8 Å². The van der Waals surface area contributed by atoms with Gasteiger partial charge in [0.2, 0.25) is 10.0 Å². The fraction of sp³-hybridized carbons (Fsp3) is 0.417. The summed E-state index contributed by atoms with van der Waals surface area (Å²) in [6.45, 7) is 6.18. The smallest absolute Gasteiger partial charge is 0.243 e. The number of sulfonamides is 1. The summed E-state index contributed by atoms with van der Waals surface area (Å²) in [6, 6.07) is 10.9. The first-order chi connectivity index (χ1) is 15.1. The Kier molecular flexibility index (Phi) is 9.24. The highest BCUT2D eigenvalue weighted by molar-refractivity contribution is 7.89. The molecule has 8 heteroatoms. The summed E-state index contributed by atoms with van der Waals surface area (Å²) < 4.78 is 40.4. The number of likely N-dealkylation sites (N-methyl/N-ethyl adjacent to an activating group) is 1. The largest absolute Gasteiger partial charge is 0.298 e. The van der Waals surface area contributed by atoms with Crippen molar-refractivity contribution < 1.29 is 22.4 Å². The van der Waals surface area contributed by atoms with Crippen LogP contribution in [0.1, 0.15) is 30.5 Å². The molecule has 32 heavy (non-hydrogen) atoms. The van der Waals surface area contributed by atoms with E-state index in [1.165, 1.54) is 16.4 Å². The van der Waals surface area contributed by atoms with Crippen LogP contribution in [0, 0.1) is 12.7 Å². The lowest BCUT2D eigenvalue weighted by molar-refractivity contribution is -0.121. The molecule has 0 aliphatic heterocycles. The van der Waals surface area contributed by atoms with Gasteiger partial charge in [-0.1, -0.05) is 38.1 Å². The summed E-state index contributed by atoms with van der Waals surface area (Å²) in [4.78, 5) is 26.6. The maximum Gasteiger partial charge on any atom is 0.243 e. The molecule has 0 heterocycles. The highest BCUT2D eigenvalue weighted by atomic mass is 32.2. The number of rotatable bonds is 12. The highest BCUT2D eigenvalue weighted by Crippen LogP contribution is 2.21. The number of benzene rings is 2. The maximum absolute atomic E-state index is 13.3. The van der Waals surface area contributed by atoms with Crippen LogP contribution in [0.3, 0.4) is 0 Å². The normalized spacial score (nSPS) is 11.8. The van der Waals surface area contributed by atoms with Crippen LogP contribution in [0.15, 0.2) is 47.4 Å². The van der Waals surface area contributed by atoms with Crippen LogP contribution in [0.4, 0.5) is 4.39 Å². The summed E-state index contributed by atoms with van der Waals surface area (Å²) >= 11 is 0. The molecule has 0 amide bonds. The number of ketones is 2. The molecular weight excluding hydrogens is 431 g/mol.